The Labute approximate surface area is 99.6 Å². The van der Waals surface area contributed by atoms with Crippen molar-refractivity contribution in [1.29, 1.82) is 0 Å². The first kappa shape index (κ1) is 15.4. The monoisotopic (exact) mass is 229 g/mol. The van der Waals surface area contributed by atoms with E-state index in [0.717, 1.165) is 32.4 Å². The highest BCUT2D eigenvalue weighted by molar-refractivity contribution is 5.78. The van der Waals surface area contributed by atoms with E-state index in [0.29, 0.717) is 19.1 Å². The molecule has 96 valence electrons. The molecule has 0 saturated carbocycles. The Morgan fingerprint density at radius 3 is 2.31 bits per heavy atom. The molecule has 0 radical (unpaired) electrons. The van der Waals surface area contributed by atoms with Crippen LogP contribution in [-0.4, -0.2) is 43.0 Å². The molecule has 3 N–H and O–H groups in total. The predicted octanol–water partition coefficient (Wildman–Crippen LogP) is 0.962. The molecule has 0 spiro atoms. The molecular formula is C12H27N3O. The van der Waals surface area contributed by atoms with E-state index in [1.165, 1.54) is 0 Å². The molecule has 0 atom stereocenters. The van der Waals surface area contributed by atoms with Crippen LogP contribution in [0.15, 0.2) is 0 Å². The van der Waals surface area contributed by atoms with Crippen LogP contribution in [0.1, 0.15) is 40.0 Å². The average Bonchev–Trinajstić information content (AvgIpc) is 2.26. The fourth-order valence-corrected chi connectivity index (χ4v) is 1.74. The largest absolute Gasteiger partial charge is 0.352 e. The van der Waals surface area contributed by atoms with Crippen LogP contribution in [0.3, 0.4) is 0 Å². The number of nitrogens with two attached hydrogens (primary N) is 1. The molecule has 4 heteroatoms. The van der Waals surface area contributed by atoms with Gasteiger partial charge in [0.15, 0.2) is 0 Å². The van der Waals surface area contributed by atoms with Crippen molar-refractivity contribution in [3.05, 3.63) is 0 Å². The Bertz CT molecular complexity index is 175. The first-order valence-electron chi connectivity index (χ1n) is 6.39. The van der Waals surface area contributed by atoms with E-state index in [1.807, 2.05) is 0 Å². The molecule has 0 fully saturated rings. The minimum atomic E-state index is 0.121. The quantitative estimate of drug-likeness (QED) is 0.619. The Morgan fingerprint density at radius 1 is 1.25 bits per heavy atom. The summed E-state index contributed by atoms with van der Waals surface area (Å²) < 4.78 is 0. The van der Waals surface area contributed by atoms with Gasteiger partial charge in [-0.25, -0.2) is 0 Å². The summed E-state index contributed by atoms with van der Waals surface area (Å²) in [6.45, 7) is 9.12. The van der Waals surface area contributed by atoms with Crippen molar-refractivity contribution in [2.75, 3.05) is 26.2 Å². The maximum atomic E-state index is 11.7. The molecule has 1 amide bonds. The number of carbonyl (C=O) groups is 1. The van der Waals surface area contributed by atoms with Crippen LogP contribution in [0.4, 0.5) is 0 Å². The Hall–Kier alpha value is -0.610. The fraction of sp³-hybridized carbons (Fsp3) is 0.917. The molecule has 0 aromatic rings. The van der Waals surface area contributed by atoms with Gasteiger partial charge in [0.1, 0.15) is 0 Å². The van der Waals surface area contributed by atoms with Gasteiger partial charge in [0.05, 0.1) is 6.54 Å². The standard InChI is InChI=1S/C12H27N3O/c1-4-8-15(9-7-13)10-12(16)14-11(5-2)6-3/h11H,4-10,13H2,1-3H3,(H,14,16). The lowest BCUT2D eigenvalue weighted by Crippen LogP contribution is -2.43. The summed E-state index contributed by atoms with van der Waals surface area (Å²) in [5.41, 5.74) is 5.52. The number of rotatable bonds is 9. The van der Waals surface area contributed by atoms with Crippen molar-refractivity contribution < 1.29 is 4.79 Å². The predicted molar refractivity (Wildman–Crippen MR) is 68.3 cm³/mol. The van der Waals surface area contributed by atoms with Crippen LogP contribution in [0.5, 0.6) is 0 Å². The Morgan fingerprint density at radius 2 is 1.88 bits per heavy atom. The van der Waals surface area contributed by atoms with E-state index in [9.17, 15) is 4.79 Å². The number of carbonyl (C=O) groups excluding carboxylic acids is 1. The number of hydrogen-bond donors (Lipinski definition) is 2. The second-order valence-corrected chi connectivity index (χ2v) is 4.15. The lowest BCUT2D eigenvalue weighted by Gasteiger charge is -2.22. The molecule has 0 rings (SSSR count). The minimum absolute atomic E-state index is 0.121. The first-order valence-corrected chi connectivity index (χ1v) is 6.39. The van der Waals surface area contributed by atoms with Gasteiger partial charge in [-0.05, 0) is 25.8 Å². The summed E-state index contributed by atoms with van der Waals surface area (Å²) in [7, 11) is 0. The van der Waals surface area contributed by atoms with Crippen LogP contribution >= 0.6 is 0 Å². The summed E-state index contributed by atoms with van der Waals surface area (Å²) >= 11 is 0. The Kier molecular flexibility index (Phi) is 9.24. The zero-order chi connectivity index (χ0) is 12.4. The highest BCUT2D eigenvalue weighted by Crippen LogP contribution is 1.97. The van der Waals surface area contributed by atoms with E-state index in [-0.39, 0.29) is 5.91 Å². The van der Waals surface area contributed by atoms with Crippen molar-refractivity contribution in [1.82, 2.24) is 10.2 Å². The third kappa shape index (κ3) is 6.80. The first-order chi connectivity index (χ1) is 7.67. The zero-order valence-corrected chi connectivity index (χ0v) is 11.0. The molecule has 0 bridgehead atoms. The molecular weight excluding hydrogens is 202 g/mol. The van der Waals surface area contributed by atoms with Gasteiger partial charge in [0, 0.05) is 19.1 Å². The fourth-order valence-electron chi connectivity index (χ4n) is 1.74. The third-order valence-electron chi connectivity index (χ3n) is 2.70. The molecule has 0 aliphatic rings. The van der Waals surface area contributed by atoms with E-state index < -0.39 is 0 Å². The second-order valence-electron chi connectivity index (χ2n) is 4.15. The maximum absolute atomic E-state index is 11.7. The normalized spacial score (nSPS) is 11.1. The average molecular weight is 229 g/mol. The Balaban J connectivity index is 3.97. The van der Waals surface area contributed by atoms with Crippen LogP contribution in [-0.2, 0) is 4.79 Å². The van der Waals surface area contributed by atoms with Crippen LogP contribution in [0.25, 0.3) is 0 Å². The molecule has 0 aromatic heterocycles. The summed E-state index contributed by atoms with van der Waals surface area (Å²) in [4.78, 5) is 13.8. The molecule has 0 unspecified atom stereocenters. The van der Waals surface area contributed by atoms with Gasteiger partial charge in [-0.1, -0.05) is 20.8 Å². The van der Waals surface area contributed by atoms with Crippen LogP contribution in [0.2, 0.25) is 0 Å². The van der Waals surface area contributed by atoms with E-state index in [1.54, 1.807) is 0 Å². The van der Waals surface area contributed by atoms with E-state index in [4.69, 9.17) is 5.73 Å². The summed E-state index contributed by atoms with van der Waals surface area (Å²) in [6, 6.07) is 0.314. The highest BCUT2D eigenvalue weighted by Gasteiger charge is 2.12. The number of hydrogen-bond acceptors (Lipinski definition) is 3. The van der Waals surface area contributed by atoms with Gasteiger partial charge in [-0.15, -0.1) is 0 Å². The second kappa shape index (κ2) is 9.60. The maximum Gasteiger partial charge on any atom is 0.234 e. The summed E-state index contributed by atoms with van der Waals surface area (Å²) in [5, 5.41) is 3.04. The SMILES string of the molecule is CCCN(CCN)CC(=O)NC(CC)CC. The van der Waals surface area contributed by atoms with Crippen molar-refractivity contribution in [2.45, 2.75) is 46.1 Å². The van der Waals surface area contributed by atoms with Crippen LogP contribution < -0.4 is 11.1 Å². The van der Waals surface area contributed by atoms with Crippen molar-refractivity contribution in [3.63, 3.8) is 0 Å². The van der Waals surface area contributed by atoms with E-state index in [2.05, 4.69) is 31.0 Å². The molecule has 0 aliphatic heterocycles. The van der Waals surface area contributed by atoms with Gasteiger partial charge >= 0.3 is 0 Å². The molecule has 0 heterocycles. The van der Waals surface area contributed by atoms with Gasteiger partial charge < -0.3 is 11.1 Å². The molecule has 0 saturated heterocycles. The topological polar surface area (TPSA) is 58.4 Å². The highest BCUT2D eigenvalue weighted by atomic mass is 16.2. The molecule has 4 nitrogen and oxygen atoms in total. The van der Waals surface area contributed by atoms with Gasteiger partial charge in [-0.3, -0.25) is 9.69 Å². The molecule has 0 aromatic carbocycles. The number of nitrogens with one attached hydrogen (secondary N) is 1. The van der Waals surface area contributed by atoms with Gasteiger partial charge in [0.2, 0.25) is 5.91 Å². The van der Waals surface area contributed by atoms with E-state index >= 15 is 0 Å². The van der Waals surface area contributed by atoms with Gasteiger partial charge in [0.25, 0.3) is 0 Å². The molecule has 16 heavy (non-hydrogen) atoms. The smallest absolute Gasteiger partial charge is 0.234 e. The van der Waals surface area contributed by atoms with Gasteiger partial charge in [-0.2, -0.15) is 0 Å². The van der Waals surface area contributed by atoms with Crippen molar-refractivity contribution >= 4 is 5.91 Å². The minimum Gasteiger partial charge on any atom is -0.352 e. The summed E-state index contributed by atoms with van der Waals surface area (Å²) in [5.74, 6) is 0.121. The lowest BCUT2D eigenvalue weighted by atomic mass is 10.2. The van der Waals surface area contributed by atoms with Crippen molar-refractivity contribution in [2.24, 2.45) is 5.73 Å². The lowest BCUT2D eigenvalue weighted by molar-refractivity contribution is -0.123. The molecule has 0 aliphatic carbocycles. The van der Waals surface area contributed by atoms with Crippen LogP contribution in [0, 0.1) is 0 Å². The van der Waals surface area contributed by atoms with Crippen molar-refractivity contribution in [3.8, 4) is 0 Å². The zero-order valence-electron chi connectivity index (χ0n) is 11.0. The third-order valence-corrected chi connectivity index (χ3v) is 2.70. The summed E-state index contributed by atoms with van der Waals surface area (Å²) in [6.07, 6.45) is 3.04. The number of amides is 1. The number of nitrogens with zero attached hydrogens (tertiary/aromatic N) is 1.